The summed E-state index contributed by atoms with van der Waals surface area (Å²) in [6, 6.07) is 5.43. The molecule has 1 N–H and O–H groups in total. The molecule has 1 fully saturated rings. The lowest BCUT2D eigenvalue weighted by molar-refractivity contribution is 0.0661. The zero-order valence-electron chi connectivity index (χ0n) is 11.9. The van der Waals surface area contributed by atoms with Crippen LogP contribution in [-0.2, 0) is 0 Å². The van der Waals surface area contributed by atoms with Crippen LogP contribution in [0, 0.1) is 0 Å². The molecule has 0 aromatic heterocycles. The van der Waals surface area contributed by atoms with Crippen LogP contribution in [0.15, 0.2) is 18.2 Å². The van der Waals surface area contributed by atoms with Gasteiger partial charge in [0, 0.05) is 26.2 Å². The van der Waals surface area contributed by atoms with Crippen molar-refractivity contribution >= 4 is 5.91 Å². The van der Waals surface area contributed by atoms with Crippen LogP contribution >= 0.6 is 0 Å². The Hall–Kier alpha value is -1.55. The molecule has 1 saturated heterocycles. The minimum Gasteiger partial charge on any atom is -0.507 e. The predicted octanol–water partition coefficient (Wildman–Crippen LogP) is 1.90. The molecule has 1 aromatic rings. The third-order valence-corrected chi connectivity index (χ3v) is 3.71. The van der Waals surface area contributed by atoms with Crippen molar-refractivity contribution < 1.29 is 9.90 Å². The Morgan fingerprint density at radius 1 is 1.21 bits per heavy atom. The maximum absolute atomic E-state index is 12.4. The summed E-state index contributed by atoms with van der Waals surface area (Å²) in [6.07, 6.45) is 0. The van der Waals surface area contributed by atoms with Gasteiger partial charge in [-0.3, -0.25) is 4.79 Å². The van der Waals surface area contributed by atoms with E-state index in [0.717, 1.165) is 31.7 Å². The lowest BCUT2D eigenvalue weighted by Gasteiger charge is -2.32. The van der Waals surface area contributed by atoms with Crippen LogP contribution in [0.3, 0.4) is 0 Å². The summed E-state index contributed by atoms with van der Waals surface area (Å²) in [5.41, 5.74) is 1.26. The number of hydrogen-bond acceptors (Lipinski definition) is 3. The van der Waals surface area contributed by atoms with Crippen LogP contribution in [0.5, 0.6) is 5.75 Å². The van der Waals surface area contributed by atoms with E-state index in [1.807, 2.05) is 30.9 Å². The van der Waals surface area contributed by atoms with Crippen LogP contribution in [0.4, 0.5) is 0 Å². The molecule has 1 aliphatic rings. The average Bonchev–Trinajstić information content (AvgIpc) is 2.38. The monoisotopic (exact) mass is 262 g/mol. The van der Waals surface area contributed by atoms with Gasteiger partial charge in [0.1, 0.15) is 5.75 Å². The van der Waals surface area contributed by atoms with Gasteiger partial charge in [-0.15, -0.1) is 0 Å². The van der Waals surface area contributed by atoms with Gasteiger partial charge >= 0.3 is 0 Å². The molecule has 19 heavy (non-hydrogen) atoms. The number of rotatable bonds is 2. The summed E-state index contributed by atoms with van der Waals surface area (Å²) in [6.45, 7) is 7.24. The van der Waals surface area contributed by atoms with Gasteiger partial charge in [0.15, 0.2) is 0 Å². The zero-order chi connectivity index (χ0) is 14.0. The van der Waals surface area contributed by atoms with Crippen molar-refractivity contribution in [3.8, 4) is 5.75 Å². The van der Waals surface area contributed by atoms with Crippen LogP contribution in [0.1, 0.15) is 35.7 Å². The Morgan fingerprint density at radius 3 is 2.42 bits per heavy atom. The topological polar surface area (TPSA) is 43.8 Å². The van der Waals surface area contributed by atoms with E-state index in [9.17, 15) is 9.90 Å². The molecular formula is C15H22N2O2. The van der Waals surface area contributed by atoms with Gasteiger partial charge in [-0.05, 0) is 24.6 Å². The molecule has 0 atom stereocenters. The van der Waals surface area contributed by atoms with E-state index in [1.165, 1.54) is 0 Å². The van der Waals surface area contributed by atoms with Gasteiger partial charge in [0.2, 0.25) is 0 Å². The van der Waals surface area contributed by atoms with E-state index in [4.69, 9.17) is 0 Å². The minimum atomic E-state index is -0.0619. The molecule has 1 aromatic carbocycles. The van der Waals surface area contributed by atoms with Gasteiger partial charge in [0.25, 0.3) is 5.91 Å². The maximum atomic E-state index is 12.4. The Bertz CT molecular complexity index is 463. The van der Waals surface area contributed by atoms with Gasteiger partial charge in [0.05, 0.1) is 5.56 Å². The van der Waals surface area contributed by atoms with Gasteiger partial charge < -0.3 is 14.9 Å². The molecule has 2 rings (SSSR count). The third-order valence-electron chi connectivity index (χ3n) is 3.71. The number of carbonyl (C=O) groups is 1. The first kappa shape index (κ1) is 13.9. The number of carbonyl (C=O) groups excluding carboxylic acids is 1. The molecule has 4 heteroatoms. The highest BCUT2D eigenvalue weighted by Gasteiger charge is 2.23. The quantitative estimate of drug-likeness (QED) is 0.885. The molecule has 4 nitrogen and oxygen atoms in total. The average molecular weight is 262 g/mol. The van der Waals surface area contributed by atoms with Crippen molar-refractivity contribution in [1.82, 2.24) is 9.80 Å². The Balaban J connectivity index is 2.22. The standard InChI is InChI=1S/C15H22N2O2/c1-11(2)12-5-4-6-13(14(12)18)15(19)17-9-7-16(3)8-10-17/h4-6,11,18H,7-10H2,1-3H3. The van der Waals surface area contributed by atoms with E-state index >= 15 is 0 Å². The third kappa shape index (κ3) is 2.89. The number of aromatic hydroxyl groups is 1. The summed E-state index contributed by atoms with van der Waals surface area (Å²) in [5, 5.41) is 10.3. The maximum Gasteiger partial charge on any atom is 0.257 e. The predicted molar refractivity (Wildman–Crippen MR) is 75.6 cm³/mol. The minimum absolute atomic E-state index is 0.0619. The number of likely N-dealkylation sites (N-methyl/N-ethyl adjacent to an activating group) is 1. The Kier molecular flexibility index (Phi) is 4.10. The number of phenolic OH excluding ortho intramolecular Hbond substituents is 1. The van der Waals surface area contributed by atoms with Crippen molar-refractivity contribution in [3.05, 3.63) is 29.3 Å². The van der Waals surface area contributed by atoms with E-state index in [1.54, 1.807) is 6.07 Å². The lowest BCUT2D eigenvalue weighted by atomic mass is 9.98. The van der Waals surface area contributed by atoms with E-state index < -0.39 is 0 Å². The number of phenols is 1. The van der Waals surface area contributed by atoms with Crippen molar-refractivity contribution in [2.45, 2.75) is 19.8 Å². The van der Waals surface area contributed by atoms with E-state index in [0.29, 0.717) is 5.56 Å². The van der Waals surface area contributed by atoms with Crippen molar-refractivity contribution in [2.24, 2.45) is 0 Å². The Labute approximate surface area is 114 Å². The summed E-state index contributed by atoms with van der Waals surface area (Å²) in [5.74, 6) is 0.287. The summed E-state index contributed by atoms with van der Waals surface area (Å²) >= 11 is 0. The van der Waals surface area contributed by atoms with Gasteiger partial charge in [-0.2, -0.15) is 0 Å². The largest absolute Gasteiger partial charge is 0.507 e. The molecule has 0 unspecified atom stereocenters. The fourth-order valence-corrected chi connectivity index (χ4v) is 2.38. The second-order valence-corrected chi connectivity index (χ2v) is 5.49. The van der Waals surface area contributed by atoms with Crippen LogP contribution in [0.2, 0.25) is 0 Å². The molecule has 0 radical (unpaired) electrons. The van der Waals surface area contributed by atoms with Crippen LogP contribution < -0.4 is 0 Å². The fourth-order valence-electron chi connectivity index (χ4n) is 2.38. The summed E-state index contributed by atoms with van der Waals surface area (Å²) in [7, 11) is 2.05. The molecule has 1 aliphatic heterocycles. The number of piperazine rings is 1. The lowest BCUT2D eigenvalue weighted by Crippen LogP contribution is -2.47. The first-order valence-corrected chi connectivity index (χ1v) is 6.80. The molecule has 1 heterocycles. The fraction of sp³-hybridized carbons (Fsp3) is 0.533. The second kappa shape index (κ2) is 5.61. The molecule has 1 amide bonds. The van der Waals surface area contributed by atoms with Crippen molar-refractivity contribution in [2.75, 3.05) is 33.2 Å². The zero-order valence-corrected chi connectivity index (χ0v) is 11.9. The highest BCUT2D eigenvalue weighted by atomic mass is 16.3. The summed E-state index contributed by atoms with van der Waals surface area (Å²) in [4.78, 5) is 16.5. The highest BCUT2D eigenvalue weighted by Crippen LogP contribution is 2.29. The first-order chi connectivity index (χ1) is 9.00. The molecule has 0 aliphatic carbocycles. The number of hydrogen-bond donors (Lipinski definition) is 1. The number of benzene rings is 1. The number of amides is 1. The van der Waals surface area contributed by atoms with Gasteiger partial charge in [-0.1, -0.05) is 26.0 Å². The van der Waals surface area contributed by atoms with E-state index in [2.05, 4.69) is 11.9 Å². The molecule has 0 bridgehead atoms. The van der Waals surface area contributed by atoms with Crippen molar-refractivity contribution in [1.29, 1.82) is 0 Å². The summed E-state index contributed by atoms with van der Waals surface area (Å²) < 4.78 is 0. The molecule has 104 valence electrons. The first-order valence-electron chi connectivity index (χ1n) is 6.80. The number of para-hydroxylation sites is 1. The second-order valence-electron chi connectivity index (χ2n) is 5.49. The van der Waals surface area contributed by atoms with E-state index in [-0.39, 0.29) is 17.6 Å². The van der Waals surface area contributed by atoms with Gasteiger partial charge in [-0.25, -0.2) is 0 Å². The van der Waals surface area contributed by atoms with Crippen molar-refractivity contribution in [3.63, 3.8) is 0 Å². The number of nitrogens with zero attached hydrogens (tertiary/aromatic N) is 2. The van der Waals surface area contributed by atoms with Crippen LogP contribution in [-0.4, -0.2) is 54.0 Å². The van der Waals surface area contributed by atoms with Crippen LogP contribution in [0.25, 0.3) is 0 Å². The molecule has 0 spiro atoms. The smallest absolute Gasteiger partial charge is 0.257 e. The molecule has 0 saturated carbocycles. The SMILES string of the molecule is CC(C)c1cccc(C(=O)N2CCN(C)CC2)c1O. The Morgan fingerprint density at radius 2 is 1.84 bits per heavy atom. The molecular weight excluding hydrogens is 240 g/mol. The highest BCUT2D eigenvalue weighted by molar-refractivity contribution is 5.97. The normalized spacial score (nSPS) is 16.9.